The second kappa shape index (κ2) is 8.32. The van der Waals surface area contributed by atoms with Crippen molar-refractivity contribution >= 4 is 12.3 Å². The molecule has 0 aromatic heterocycles. The monoisotopic (exact) mass is 508 g/mol. The van der Waals surface area contributed by atoms with E-state index in [-0.39, 0.29) is 30.3 Å². The van der Waals surface area contributed by atoms with Crippen LogP contribution in [0.3, 0.4) is 0 Å². The van der Waals surface area contributed by atoms with Gasteiger partial charge < -0.3 is 39.4 Å². The Morgan fingerprint density at radius 2 is 1.89 bits per heavy atom. The molecule has 4 bridgehead atoms. The van der Waals surface area contributed by atoms with Gasteiger partial charge in [0.25, 0.3) is 0 Å². The molecule has 1 heterocycles. The normalized spacial score (nSPS) is 53.3. The Hall–Kier alpha value is -1.36. The third-order valence-corrected chi connectivity index (χ3v) is 10.7. The lowest BCUT2D eigenvalue weighted by Crippen LogP contribution is -2.65. The number of methoxy groups -OCH3 is 1. The lowest BCUT2D eigenvalue weighted by molar-refractivity contribution is -0.304. The molecule has 4 fully saturated rings. The molecule has 9 nitrogen and oxygen atoms in total. The van der Waals surface area contributed by atoms with Gasteiger partial charge in [0.2, 0.25) is 0 Å². The molecule has 0 aromatic carbocycles. The van der Waals surface area contributed by atoms with E-state index in [4.69, 9.17) is 14.2 Å². The van der Waals surface area contributed by atoms with Crippen molar-refractivity contribution < 1.29 is 44.2 Å². The first-order valence-electron chi connectivity index (χ1n) is 13.1. The number of allylic oxidation sites excluding steroid dienone is 1. The van der Waals surface area contributed by atoms with Crippen molar-refractivity contribution in [3.05, 3.63) is 11.6 Å². The van der Waals surface area contributed by atoms with Crippen LogP contribution in [0.2, 0.25) is 0 Å². The molecule has 3 saturated carbocycles. The van der Waals surface area contributed by atoms with E-state index in [1.807, 2.05) is 20.8 Å². The van der Waals surface area contributed by atoms with Crippen molar-refractivity contribution in [2.24, 2.45) is 39.9 Å². The van der Waals surface area contributed by atoms with Crippen molar-refractivity contribution in [1.29, 1.82) is 0 Å². The first-order chi connectivity index (χ1) is 16.8. The lowest BCUT2D eigenvalue weighted by atomic mass is 9.42. The molecule has 0 aromatic rings. The third kappa shape index (κ3) is 2.93. The predicted molar refractivity (Wildman–Crippen MR) is 126 cm³/mol. The van der Waals surface area contributed by atoms with E-state index in [0.717, 1.165) is 11.9 Å². The van der Waals surface area contributed by atoms with Gasteiger partial charge in [-0.25, -0.2) is 0 Å². The number of hydrogen-bond donors (Lipinski definition) is 4. The molecule has 0 unspecified atom stereocenters. The molecule has 1 saturated heterocycles. The van der Waals surface area contributed by atoms with Crippen LogP contribution in [0.5, 0.6) is 0 Å². The van der Waals surface area contributed by atoms with Gasteiger partial charge in [-0.15, -0.1) is 0 Å². The summed E-state index contributed by atoms with van der Waals surface area (Å²) in [6, 6.07) is 0. The highest BCUT2D eigenvalue weighted by Crippen LogP contribution is 2.83. The Balaban J connectivity index is 1.63. The molecule has 4 aliphatic carbocycles. The number of esters is 1. The van der Waals surface area contributed by atoms with E-state index in [0.29, 0.717) is 25.7 Å². The van der Waals surface area contributed by atoms with Gasteiger partial charge in [0.05, 0.1) is 30.8 Å². The van der Waals surface area contributed by atoms with Crippen LogP contribution in [0, 0.1) is 39.9 Å². The number of hydrogen-bond acceptors (Lipinski definition) is 9. The summed E-state index contributed by atoms with van der Waals surface area (Å²) in [7, 11) is 1.35. The molecular formula is C27H40O9. The molecule has 202 valence electrons. The summed E-state index contributed by atoms with van der Waals surface area (Å²) >= 11 is 0. The van der Waals surface area contributed by atoms with Crippen molar-refractivity contribution in [3.63, 3.8) is 0 Å². The summed E-state index contributed by atoms with van der Waals surface area (Å²) in [5, 5.41) is 42.4. The minimum Gasteiger partial charge on any atom is -0.468 e. The van der Waals surface area contributed by atoms with Gasteiger partial charge in [-0.05, 0) is 63.2 Å². The summed E-state index contributed by atoms with van der Waals surface area (Å²) in [4.78, 5) is 27.2. The van der Waals surface area contributed by atoms with E-state index in [1.165, 1.54) is 7.11 Å². The molecule has 9 heteroatoms. The summed E-state index contributed by atoms with van der Waals surface area (Å²) in [6.45, 7) is 7.38. The van der Waals surface area contributed by atoms with E-state index in [2.05, 4.69) is 6.08 Å². The summed E-state index contributed by atoms with van der Waals surface area (Å²) in [5.41, 5.74) is -3.32. The fraction of sp³-hybridized carbons (Fsp3) is 0.852. The zero-order valence-corrected chi connectivity index (χ0v) is 21.7. The Labute approximate surface area is 211 Å². The van der Waals surface area contributed by atoms with Gasteiger partial charge in [-0.2, -0.15) is 0 Å². The highest BCUT2D eigenvalue weighted by atomic mass is 16.7. The number of aldehydes is 1. The van der Waals surface area contributed by atoms with Gasteiger partial charge >= 0.3 is 5.97 Å². The Morgan fingerprint density at radius 3 is 2.50 bits per heavy atom. The summed E-state index contributed by atoms with van der Waals surface area (Å²) < 4.78 is 17.4. The highest BCUT2D eigenvalue weighted by Gasteiger charge is 2.85. The zero-order chi connectivity index (χ0) is 26.4. The fourth-order valence-electron chi connectivity index (χ4n) is 9.11. The van der Waals surface area contributed by atoms with E-state index < -0.39 is 58.5 Å². The largest absolute Gasteiger partial charge is 0.468 e. The molecule has 5 aliphatic rings. The Kier molecular flexibility index (Phi) is 6.07. The molecule has 0 radical (unpaired) electrons. The standard InChI is InChI=1S/C27H40O9/c1-13(2)17-8-15-9-25(11-28)16-6-7-24(4,33)18(16)10-26(15,27(17,25)23(32)34-5)12-35-22-21(31)20(30)19(29)14(3)36-22/h8,11,13-16,18-22,29-31,33H,6-7,9-10,12H2,1-5H3/t14-,15+,16-,18+,19-,20-,21+,22-,24+,25+,26+,27+/m1/s1. The number of carbonyl (C=O) groups is 2. The number of ether oxygens (including phenoxy) is 3. The molecule has 4 N–H and O–H groups in total. The maximum atomic E-state index is 14.0. The number of aliphatic hydroxyl groups excluding tert-OH is 3. The minimum absolute atomic E-state index is 0.0277. The topological polar surface area (TPSA) is 143 Å². The van der Waals surface area contributed by atoms with Crippen molar-refractivity contribution in [2.75, 3.05) is 13.7 Å². The maximum absolute atomic E-state index is 14.0. The number of fused-ring (bicyclic) bond motifs is 2. The third-order valence-electron chi connectivity index (χ3n) is 10.7. The van der Waals surface area contributed by atoms with Gasteiger partial charge in [0, 0.05) is 5.41 Å². The van der Waals surface area contributed by atoms with Crippen LogP contribution in [-0.2, 0) is 23.8 Å². The first kappa shape index (κ1) is 26.3. The van der Waals surface area contributed by atoms with Crippen molar-refractivity contribution in [3.8, 4) is 0 Å². The van der Waals surface area contributed by atoms with Crippen LogP contribution < -0.4 is 0 Å². The van der Waals surface area contributed by atoms with Crippen LogP contribution in [0.25, 0.3) is 0 Å². The molecule has 1 aliphatic heterocycles. The molecule has 12 atom stereocenters. The summed E-state index contributed by atoms with van der Waals surface area (Å²) in [5.74, 6) is -1.04. The second-order valence-electron chi connectivity index (χ2n) is 12.4. The summed E-state index contributed by atoms with van der Waals surface area (Å²) in [6.07, 6.45) is -1.01. The molecule has 0 amide bonds. The number of carbonyl (C=O) groups excluding carboxylic acids is 2. The molecule has 5 rings (SSSR count). The average Bonchev–Trinajstić information content (AvgIpc) is 3.36. The average molecular weight is 509 g/mol. The van der Waals surface area contributed by atoms with Gasteiger partial charge in [0.15, 0.2) is 6.29 Å². The fourth-order valence-corrected chi connectivity index (χ4v) is 9.11. The molecule has 0 spiro atoms. The number of aliphatic hydroxyl groups is 4. The number of rotatable bonds is 6. The second-order valence-corrected chi connectivity index (χ2v) is 12.4. The van der Waals surface area contributed by atoms with E-state index in [1.54, 1.807) is 6.92 Å². The molecule has 36 heavy (non-hydrogen) atoms. The highest BCUT2D eigenvalue weighted by molar-refractivity contribution is 5.91. The SMILES string of the molecule is COC(=O)[C@@]12C(C(C)C)=C[C@H]3C[C@]1(C=O)[C@@H]1CC[C@](C)(O)[C@H]1C[C@]32CO[C@@H]1O[C@H](C)[C@@H](O)[C@@H](O)[C@@H]1O. The van der Waals surface area contributed by atoms with Gasteiger partial charge in [-0.3, -0.25) is 4.79 Å². The van der Waals surface area contributed by atoms with Crippen LogP contribution in [0.1, 0.15) is 53.4 Å². The minimum atomic E-state index is -1.49. The smallest absolute Gasteiger partial charge is 0.317 e. The van der Waals surface area contributed by atoms with Crippen LogP contribution in [0.15, 0.2) is 11.6 Å². The Bertz CT molecular complexity index is 961. The first-order valence-corrected chi connectivity index (χ1v) is 13.1. The lowest BCUT2D eigenvalue weighted by Gasteiger charge is -2.59. The zero-order valence-electron chi connectivity index (χ0n) is 21.7. The van der Waals surface area contributed by atoms with Crippen LogP contribution >= 0.6 is 0 Å². The van der Waals surface area contributed by atoms with Crippen molar-refractivity contribution in [1.82, 2.24) is 0 Å². The van der Waals surface area contributed by atoms with Crippen LogP contribution in [-0.4, -0.2) is 82.7 Å². The predicted octanol–water partition coefficient (Wildman–Crippen LogP) is 0.958. The van der Waals surface area contributed by atoms with Crippen LogP contribution in [0.4, 0.5) is 0 Å². The van der Waals surface area contributed by atoms with E-state index in [9.17, 15) is 30.0 Å². The quantitative estimate of drug-likeness (QED) is 0.234. The maximum Gasteiger partial charge on any atom is 0.317 e. The van der Waals surface area contributed by atoms with E-state index >= 15 is 0 Å². The molecular weight excluding hydrogens is 468 g/mol. The Morgan fingerprint density at radius 1 is 1.19 bits per heavy atom. The van der Waals surface area contributed by atoms with Gasteiger partial charge in [0.1, 0.15) is 30.0 Å². The van der Waals surface area contributed by atoms with Crippen molar-refractivity contribution in [2.45, 2.75) is 89.7 Å². The van der Waals surface area contributed by atoms with Gasteiger partial charge in [-0.1, -0.05) is 25.5 Å².